The second kappa shape index (κ2) is 7.20. The fourth-order valence-corrected chi connectivity index (χ4v) is 3.68. The van der Waals surface area contributed by atoms with E-state index in [-0.39, 0.29) is 5.91 Å². The van der Waals surface area contributed by atoms with Gasteiger partial charge in [0.2, 0.25) is 0 Å². The number of rotatable bonds is 6. The van der Waals surface area contributed by atoms with Gasteiger partial charge in [-0.3, -0.25) is 14.6 Å². The Morgan fingerprint density at radius 3 is 2.83 bits per heavy atom. The number of hydrogen-bond acceptors (Lipinski definition) is 3. The van der Waals surface area contributed by atoms with E-state index < -0.39 is 0 Å². The van der Waals surface area contributed by atoms with Gasteiger partial charge in [-0.1, -0.05) is 30.3 Å². The van der Waals surface area contributed by atoms with Gasteiger partial charge in [-0.05, 0) is 54.5 Å². The molecule has 4 aromatic rings. The number of aryl methyl sites for hydroxylation is 1. The molecule has 5 rings (SSSR count). The van der Waals surface area contributed by atoms with Crippen LogP contribution < -0.4 is 5.32 Å². The summed E-state index contributed by atoms with van der Waals surface area (Å²) in [5.41, 5.74) is 5.86. The van der Waals surface area contributed by atoms with E-state index in [9.17, 15) is 4.79 Å². The van der Waals surface area contributed by atoms with Crippen LogP contribution in [0.1, 0.15) is 34.5 Å². The van der Waals surface area contributed by atoms with Crippen molar-refractivity contribution in [3.05, 3.63) is 71.7 Å². The molecule has 1 fully saturated rings. The Morgan fingerprint density at radius 1 is 1.21 bits per heavy atom. The molecule has 0 radical (unpaired) electrons. The highest BCUT2D eigenvalue weighted by Crippen LogP contribution is 2.33. The summed E-state index contributed by atoms with van der Waals surface area (Å²) in [5, 5.41) is 15.5. The third-order valence-electron chi connectivity index (χ3n) is 5.63. The smallest absolute Gasteiger partial charge is 0.272 e. The van der Waals surface area contributed by atoms with E-state index >= 15 is 0 Å². The van der Waals surface area contributed by atoms with Crippen LogP contribution in [-0.2, 0) is 13.1 Å². The largest absolute Gasteiger partial charge is 0.347 e. The predicted octanol–water partition coefficient (Wildman–Crippen LogP) is 4.07. The molecule has 0 aliphatic heterocycles. The minimum absolute atomic E-state index is 0.135. The van der Waals surface area contributed by atoms with Gasteiger partial charge >= 0.3 is 0 Å². The average molecular weight is 385 g/mol. The predicted molar refractivity (Wildman–Crippen MR) is 112 cm³/mol. The van der Waals surface area contributed by atoms with Gasteiger partial charge in [0.1, 0.15) is 0 Å². The molecule has 0 saturated heterocycles. The highest BCUT2D eigenvalue weighted by Gasteiger charge is 2.25. The van der Waals surface area contributed by atoms with Gasteiger partial charge in [0, 0.05) is 30.2 Å². The summed E-state index contributed by atoms with van der Waals surface area (Å²) >= 11 is 0. The van der Waals surface area contributed by atoms with E-state index in [4.69, 9.17) is 5.10 Å². The summed E-state index contributed by atoms with van der Waals surface area (Å²) < 4.78 is 2.00. The lowest BCUT2D eigenvalue weighted by molar-refractivity contribution is 0.0946. The number of fused-ring (bicyclic) bond motifs is 1. The molecular weight excluding hydrogens is 362 g/mol. The normalized spacial score (nSPS) is 13.7. The molecule has 146 valence electrons. The first-order chi connectivity index (χ1) is 14.2. The number of H-pyrrole nitrogens is 1. The molecule has 0 bridgehead atoms. The molecule has 2 N–H and O–H groups in total. The van der Waals surface area contributed by atoms with Crippen molar-refractivity contribution in [2.75, 3.05) is 0 Å². The van der Waals surface area contributed by atoms with Gasteiger partial charge in [-0.15, -0.1) is 0 Å². The molecule has 29 heavy (non-hydrogen) atoms. The Hall–Kier alpha value is -3.41. The van der Waals surface area contributed by atoms with Gasteiger partial charge in [0.15, 0.2) is 5.69 Å². The van der Waals surface area contributed by atoms with Gasteiger partial charge in [-0.2, -0.15) is 10.2 Å². The van der Waals surface area contributed by atoms with Crippen LogP contribution in [0.15, 0.2) is 54.9 Å². The zero-order chi connectivity index (χ0) is 19.8. The van der Waals surface area contributed by atoms with Crippen LogP contribution in [0.2, 0.25) is 0 Å². The summed E-state index contributed by atoms with van der Waals surface area (Å²) in [6.45, 7) is 3.41. The maximum atomic E-state index is 13.0. The van der Waals surface area contributed by atoms with E-state index in [0.717, 1.165) is 34.1 Å². The SMILES string of the molecule is Cc1ccccc1CNC(=O)c1nn(CC2CC2)c2cc(-c3cn[nH]c3)ccc12. The zero-order valence-electron chi connectivity index (χ0n) is 16.4. The lowest BCUT2D eigenvalue weighted by Gasteiger charge is -2.06. The third kappa shape index (κ3) is 3.53. The topological polar surface area (TPSA) is 75.6 Å². The second-order valence-corrected chi connectivity index (χ2v) is 7.80. The highest BCUT2D eigenvalue weighted by atomic mass is 16.1. The summed E-state index contributed by atoms with van der Waals surface area (Å²) in [7, 11) is 0. The van der Waals surface area contributed by atoms with Crippen LogP contribution >= 0.6 is 0 Å². The summed E-state index contributed by atoms with van der Waals surface area (Å²) in [5.74, 6) is 0.530. The van der Waals surface area contributed by atoms with Gasteiger partial charge < -0.3 is 5.32 Å². The van der Waals surface area contributed by atoms with Crippen molar-refractivity contribution >= 4 is 16.8 Å². The highest BCUT2D eigenvalue weighted by molar-refractivity contribution is 6.05. The summed E-state index contributed by atoms with van der Waals surface area (Å²) in [4.78, 5) is 13.0. The Bertz CT molecular complexity index is 1170. The fraction of sp³-hybridized carbons (Fsp3) is 0.261. The van der Waals surface area contributed by atoms with Crippen molar-refractivity contribution < 1.29 is 4.79 Å². The maximum absolute atomic E-state index is 13.0. The Labute approximate surface area is 168 Å². The lowest BCUT2D eigenvalue weighted by atomic mass is 10.1. The average Bonchev–Trinajstić information content (AvgIpc) is 3.24. The number of hydrogen-bond donors (Lipinski definition) is 2. The minimum Gasteiger partial charge on any atom is -0.347 e. The molecular formula is C23H23N5O. The number of aromatic amines is 1. The number of nitrogens with zero attached hydrogens (tertiary/aromatic N) is 3. The van der Waals surface area contributed by atoms with Gasteiger partial charge in [-0.25, -0.2) is 0 Å². The van der Waals surface area contributed by atoms with Crippen LogP contribution in [-0.4, -0.2) is 25.9 Å². The molecule has 2 aromatic heterocycles. The molecule has 1 amide bonds. The number of carbonyl (C=O) groups excluding carboxylic acids is 1. The van der Waals surface area contributed by atoms with Crippen molar-refractivity contribution in [2.45, 2.75) is 32.9 Å². The number of nitrogens with one attached hydrogen (secondary N) is 2. The molecule has 1 aliphatic carbocycles. The fourth-order valence-electron chi connectivity index (χ4n) is 3.68. The van der Waals surface area contributed by atoms with E-state index in [1.54, 1.807) is 6.20 Å². The molecule has 6 heteroatoms. The van der Waals surface area contributed by atoms with Crippen molar-refractivity contribution in [3.63, 3.8) is 0 Å². The standard InChI is InChI=1S/C23H23N5O/c1-15-4-2-3-5-18(15)11-24-23(29)22-20-9-8-17(19-12-25-26-13-19)10-21(20)28(27-22)14-16-6-7-16/h2-5,8-10,12-13,16H,6-7,11,14H2,1H3,(H,24,29)(H,25,26). The quantitative estimate of drug-likeness (QED) is 0.525. The molecule has 2 aromatic carbocycles. The third-order valence-corrected chi connectivity index (χ3v) is 5.63. The maximum Gasteiger partial charge on any atom is 0.272 e. The minimum atomic E-state index is -0.135. The van der Waals surface area contributed by atoms with Crippen molar-refractivity contribution in [1.29, 1.82) is 0 Å². The number of aromatic nitrogens is 4. The lowest BCUT2D eigenvalue weighted by Crippen LogP contribution is -2.24. The van der Waals surface area contributed by atoms with Crippen LogP contribution in [0, 0.1) is 12.8 Å². The van der Waals surface area contributed by atoms with E-state index in [1.807, 2.05) is 41.2 Å². The van der Waals surface area contributed by atoms with Crippen LogP contribution in [0.4, 0.5) is 0 Å². The molecule has 0 unspecified atom stereocenters. The van der Waals surface area contributed by atoms with Crippen molar-refractivity contribution in [1.82, 2.24) is 25.3 Å². The first kappa shape index (κ1) is 17.7. The number of carbonyl (C=O) groups is 1. The molecule has 0 spiro atoms. The first-order valence-electron chi connectivity index (χ1n) is 10.0. The summed E-state index contributed by atoms with van der Waals surface area (Å²) in [6, 6.07) is 14.2. The summed E-state index contributed by atoms with van der Waals surface area (Å²) in [6.07, 6.45) is 6.15. The van der Waals surface area contributed by atoms with Crippen LogP contribution in [0.25, 0.3) is 22.0 Å². The first-order valence-corrected chi connectivity index (χ1v) is 10.0. The monoisotopic (exact) mass is 385 g/mol. The van der Waals surface area contributed by atoms with Crippen LogP contribution in [0.5, 0.6) is 0 Å². The van der Waals surface area contributed by atoms with E-state index in [0.29, 0.717) is 18.2 Å². The van der Waals surface area contributed by atoms with E-state index in [1.165, 1.54) is 18.4 Å². The Balaban J connectivity index is 1.47. The molecule has 2 heterocycles. The zero-order valence-corrected chi connectivity index (χ0v) is 16.4. The molecule has 1 saturated carbocycles. The van der Waals surface area contributed by atoms with Crippen molar-refractivity contribution in [3.8, 4) is 11.1 Å². The Kier molecular flexibility index (Phi) is 4.39. The van der Waals surface area contributed by atoms with Gasteiger partial charge in [0.05, 0.1) is 11.7 Å². The molecule has 1 aliphatic rings. The Morgan fingerprint density at radius 2 is 2.07 bits per heavy atom. The van der Waals surface area contributed by atoms with Crippen molar-refractivity contribution in [2.24, 2.45) is 5.92 Å². The second-order valence-electron chi connectivity index (χ2n) is 7.80. The van der Waals surface area contributed by atoms with Gasteiger partial charge in [0.25, 0.3) is 5.91 Å². The molecule has 6 nitrogen and oxygen atoms in total. The number of amides is 1. The number of benzene rings is 2. The van der Waals surface area contributed by atoms with E-state index in [2.05, 4.69) is 34.6 Å². The van der Waals surface area contributed by atoms with Crippen LogP contribution in [0.3, 0.4) is 0 Å². The molecule has 0 atom stereocenters.